The van der Waals surface area contributed by atoms with E-state index in [0.717, 1.165) is 91.2 Å². The summed E-state index contributed by atoms with van der Waals surface area (Å²) in [6.07, 6.45) is 3.50. The van der Waals surface area contributed by atoms with Crippen molar-refractivity contribution in [2.45, 2.75) is 24.9 Å². The van der Waals surface area contributed by atoms with Gasteiger partial charge in [-0.3, -0.25) is 0 Å². The maximum absolute atomic E-state index is 13.0. The summed E-state index contributed by atoms with van der Waals surface area (Å²) in [6, 6.07) is 27.1. The number of nitrogens with zero attached hydrogens (tertiary/aromatic N) is 7. The van der Waals surface area contributed by atoms with Gasteiger partial charge in [-0.15, -0.1) is 0 Å². The fraction of sp³-hybridized carbons (Fsp3) is 0.314. The van der Waals surface area contributed by atoms with Crippen molar-refractivity contribution in [2.75, 3.05) is 57.4 Å². The molecule has 3 aromatic carbocycles. The predicted octanol–water partition coefficient (Wildman–Crippen LogP) is 4.79. The molecule has 0 aliphatic carbocycles. The molecule has 0 saturated carbocycles. The zero-order valence-corrected chi connectivity index (χ0v) is 26.1. The van der Waals surface area contributed by atoms with Gasteiger partial charge in [-0.2, -0.15) is 5.10 Å². The first-order valence-electron chi connectivity index (χ1n) is 16.0. The average molecular weight is 617 g/mol. The lowest BCUT2D eigenvalue weighted by atomic mass is 9.97. The summed E-state index contributed by atoms with van der Waals surface area (Å²) in [7, 11) is 2.19. The number of carbonyl (C=O) groups excluding carboxylic acids is 1. The summed E-state index contributed by atoms with van der Waals surface area (Å²) >= 11 is 0. The zero-order valence-electron chi connectivity index (χ0n) is 26.1. The highest BCUT2D eigenvalue weighted by Crippen LogP contribution is 2.35. The molecule has 11 heteroatoms. The van der Waals surface area contributed by atoms with Gasteiger partial charge in [0.15, 0.2) is 5.65 Å². The van der Waals surface area contributed by atoms with Gasteiger partial charge < -0.3 is 21.3 Å². The van der Waals surface area contributed by atoms with E-state index in [2.05, 4.69) is 47.2 Å². The van der Waals surface area contributed by atoms with Crippen LogP contribution in [0.5, 0.6) is 0 Å². The summed E-state index contributed by atoms with van der Waals surface area (Å²) in [6.45, 7) is 6.34. The van der Waals surface area contributed by atoms with Crippen molar-refractivity contribution in [1.29, 1.82) is 0 Å². The van der Waals surface area contributed by atoms with Crippen molar-refractivity contribution in [3.05, 3.63) is 102 Å². The fourth-order valence-electron chi connectivity index (χ4n) is 6.57. The Labute approximate surface area is 269 Å². The van der Waals surface area contributed by atoms with Gasteiger partial charge in [-0.05, 0) is 43.1 Å². The van der Waals surface area contributed by atoms with Gasteiger partial charge in [-0.1, -0.05) is 72.8 Å². The van der Waals surface area contributed by atoms with E-state index in [9.17, 15) is 4.79 Å². The molecule has 4 N–H and O–H groups in total. The molecule has 1 unspecified atom stereocenters. The Morgan fingerprint density at radius 1 is 0.804 bits per heavy atom. The second kappa shape index (κ2) is 13.3. The highest BCUT2D eigenvalue weighted by atomic mass is 16.2. The third-order valence-electron chi connectivity index (χ3n) is 9.14. The molecular weight excluding hydrogens is 576 g/mol. The lowest BCUT2D eigenvalue weighted by Crippen LogP contribution is -2.54. The molecule has 0 spiro atoms. The second-order valence-corrected chi connectivity index (χ2v) is 12.1. The number of aromatic nitrogens is 4. The van der Waals surface area contributed by atoms with Gasteiger partial charge in [0, 0.05) is 50.5 Å². The zero-order chi connectivity index (χ0) is 31.5. The molecule has 5 aromatic rings. The Balaban J connectivity index is 1.13. The highest BCUT2D eigenvalue weighted by molar-refractivity contribution is 5.98. The van der Waals surface area contributed by atoms with Crippen LogP contribution in [0.4, 0.5) is 16.3 Å². The van der Waals surface area contributed by atoms with Gasteiger partial charge in [0.05, 0.1) is 17.5 Å². The first-order valence-corrected chi connectivity index (χ1v) is 16.0. The van der Waals surface area contributed by atoms with Crippen molar-refractivity contribution in [3.8, 4) is 11.3 Å². The molecule has 0 radical (unpaired) electrons. The number of hydrogen-bond donors (Lipinski definition) is 3. The Bertz CT molecular complexity index is 1760. The van der Waals surface area contributed by atoms with Gasteiger partial charge >= 0.3 is 6.03 Å². The Morgan fingerprint density at radius 2 is 1.43 bits per heavy atom. The van der Waals surface area contributed by atoms with E-state index in [1.54, 1.807) is 0 Å². The first-order chi connectivity index (χ1) is 22.5. The first kappa shape index (κ1) is 29.8. The number of rotatable bonds is 7. The monoisotopic (exact) mass is 616 g/mol. The molecule has 46 heavy (non-hydrogen) atoms. The number of nitrogens with one attached hydrogen (secondary N) is 2. The second-order valence-electron chi connectivity index (χ2n) is 12.1. The van der Waals surface area contributed by atoms with Crippen LogP contribution >= 0.6 is 0 Å². The summed E-state index contributed by atoms with van der Waals surface area (Å²) in [5.41, 5.74) is 11.6. The number of hydrogen-bond acceptors (Lipinski definition) is 8. The van der Waals surface area contributed by atoms with E-state index < -0.39 is 0 Å². The summed E-state index contributed by atoms with van der Waals surface area (Å²) in [5.74, 6) is 0.423. The normalized spacial score (nSPS) is 17.6. The third kappa shape index (κ3) is 6.30. The summed E-state index contributed by atoms with van der Waals surface area (Å²) < 4.78 is 2.07. The third-order valence-corrected chi connectivity index (χ3v) is 9.14. The number of hydrazine groups is 1. The van der Waals surface area contributed by atoms with Gasteiger partial charge in [0.1, 0.15) is 17.8 Å². The average Bonchev–Trinajstić information content (AvgIpc) is 3.50. The Kier molecular flexibility index (Phi) is 8.60. The fourth-order valence-corrected chi connectivity index (χ4v) is 6.57. The highest BCUT2D eigenvalue weighted by Gasteiger charge is 2.29. The number of piperazine rings is 1. The van der Waals surface area contributed by atoms with Gasteiger partial charge in [-0.25, -0.2) is 29.5 Å². The molecule has 4 heterocycles. The minimum atomic E-state index is -0.354. The number of nitrogen functional groups attached to an aromatic ring is 1. The van der Waals surface area contributed by atoms with Crippen LogP contribution in [0, 0.1) is 0 Å². The van der Waals surface area contributed by atoms with Crippen molar-refractivity contribution >= 4 is 28.6 Å². The molecule has 11 nitrogen and oxygen atoms in total. The number of piperidine rings is 1. The van der Waals surface area contributed by atoms with Crippen LogP contribution in [-0.2, 0) is 0 Å². The van der Waals surface area contributed by atoms with Gasteiger partial charge in [0.25, 0.3) is 0 Å². The van der Waals surface area contributed by atoms with Crippen molar-refractivity contribution in [1.82, 2.24) is 40.0 Å². The standard InChI is InChI=1S/C35H40N10O/c1-42-20-22-44(23-21-42)43-18-16-29(17-19-43)45-34-30(33(36)37-24-38-34)32(41-45)27-14-12-26(13-15-27)31(25-8-4-2-5-9-25)40-35(46)39-28-10-6-3-7-11-28/h2-15,24,29,31H,16-23H2,1H3,(H2,36,37,38)(H2,39,40,46). The number of carbonyl (C=O) groups is 1. The van der Waals surface area contributed by atoms with Crippen molar-refractivity contribution in [2.24, 2.45) is 0 Å². The molecule has 2 saturated heterocycles. The van der Waals surface area contributed by atoms with Crippen LogP contribution in [0.15, 0.2) is 91.3 Å². The van der Waals surface area contributed by atoms with Crippen LogP contribution in [0.2, 0.25) is 0 Å². The maximum atomic E-state index is 13.0. The number of amides is 2. The molecule has 236 valence electrons. The van der Waals surface area contributed by atoms with Crippen LogP contribution in [0.3, 0.4) is 0 Å². The topological polar surface area (TPSA) is 120 Å². The van der Waals surface area contributed by atoms with E-state index >= 15 is 0 Å². The van der Waals surface area contributed by atoms with Crippen LogP contribution in [-0.4, -0.2) is 87.0 Å². The smallest absolute Gasteiger partial charge is 0.319 e. The minimum absolute atomic E-state index is 0.225. The molecule has 2 aliphatic heterocycles. The van der Waals surface area contributed by atoms with E-state index in [1.807, 2.05) is 84.9 Å². The molecule has 2 amide bonds. The van der Waals surface area contributed by atoms with Crippen LogP contribution < -0.4 is 16.4 Å². The Hall–Kier alpha value is -4.84. The molecular formula is C35H40N10O. The van der Waals surface area contributed by atoms with Crippen molar-refractivity contribution in [3.63, 3.8) is 0 Å². The van der Waals surface area contributed by atoms with E-state index in [-0.39, 0.29) is 18.1 Å². The van der Waals surface area contributed by atoms with E-state index in [4.69, 9.17) is 10.8 Å². The summed E-state index contributed by atoms with van der Waals surface area (Å²) in [4.78, 5) is 24.4. The van der Waals surface area contributed by atoms with Crippen LogP contribution in [0.1, 0.15) is 36.1 Å². The van der Waals surface area contributed by atoms with E-state index in [0.29, 0.717) is 5.82 Å². The SMILES string of the molecule is CN1CCN(N2CCC(n3nc(-c4ccc(C(NC(=O)Nc5ccccc5)c5ccccc5)cc4)c4c(N)ncnc43)CC2)CC1. The maximum Gasteiger partial charge on any atom is 0.319 e. The molecule has 2 aromatic heterocycles. The molecule has 7 rings (SSSR count). The Morgan fingerprint density at radius 3 is 2.13 bits per heavy atom. The molecule has 0 bridgehead atoms. The lowest BCUT2D eigenvalue weighted by molar-refractivity contribution is -0.0717. The predicted molar refractivity (Wildman–Crippen MR) is 181 cm³/mol. The quantitative estimate of drug-likeness (QED) is 0.239. The van der Waals surface area contributed by atoms with Gasteiger partial charge in [0.2, 0.25) is 0 Å². The van der Waals surface area contributed by atoms with E-state index in [1.165, 1.54) is 6.33 Å². The summed E-state index contributed by atoms with van der Waals surface area (Å²) in [5, 5.41) is 17.0. The number of urea groups is 1. The number of fused-ring (bicyclic) bond motifs is 1. The molecule has 2 aliphatic rings. The van der Waals surface area contributed by atoms with Crippen molar-refractivity contribution < 1.29 is 4.79 Å². The number of anilines is 2. The minimum Gasteiger partial charge on any atom is -0.383 e. The number of para-hydroxylation sites is 1. The molecule has 1 atom stereocenters. The number of benzene rings is 3. The van der Waals surface area contributed by atoms with Crippen LogP contribution in [0.25, 0.3) is 22.3 Å². The molecule has 2 fully saturated rings. The lowest BCUT2D eigenvalue weighted by Gasteiger charge is -2.43. The number of nitrogens with two attached hydrogens (primary N) is 1. The largest absolute Gasteiger partial charge is 0.383 e. The number of likely N-dealkylation sites (N-methyl/N-ethyl adjacent to an activating group) is 1.